The molecule has 4 aromatic rings. The Morgan fingerprint density at radius 2 is 1.81 bits per heavy atom. The summed E-state index contributed by atoms with van der Waals surface area (Å²) in [6, 6.07) is 20.8. The maximum Gasteiger partial charge on any atom is 0.326 e. The number of amides is 1. The summed E-state index contributed by atoms with van der Waals surface area (Å²) < 4.78 is 1.90. The van der Waals surface area contributed by atoms with Gasteiger partial charge in [0.15, 0.2) is 0 Å². The number of benzene rings is 2. The quantitative estimate of drug-likeness (QED) is 0.426. The van der Waals surface area contributed by atoms with E-state index in [0.29, 0.717) is 6.54 Å². The maximum absolute atomic E-state index is 13.2. The van der Waals surface area contributed by atoms with Gasteiger partial charge in [0.1, 0.15) is 0 Å². The Bertz CT molecular complexity index is 1440. The van der Waals surface area contributed by atoms with E-state index in [1.807, 2.05) is 41.1 Å². The first-order valence-corrected chi connectivity index (χ1v) is 13.3. The van der Waals surface area contributed by atoms with E-state index in [1.54, 1.807) is 6.20 Å². The highest BCUT2D eigenvalue weighted by Gasteiger charge is 2.31. The number of hydrogen-bond acceptors (Lipinski definition) is 4. The van der Waals surface area contributed by atoms with Gasteiger partial charge in [-0.05, 0) is 67.0 Å². The third-order valence-corrected chi connectivity index (χ3v) is 8.10. The van der Waals surface area contributed by atoms with Crippen LogP contribution in [0.4, 0.5) is 0 Å². The van der Waals surface area contributed by atoms with E-state index >= 15 is 0 Å². The Kier molecular flexibility index (Phi) is 6.62. The smallest absolute Gasteiger partial charge is 0.326 e. The van der Waals surface area contributed by atoms with Crippen molar-refractivity contribution in [2.24, 2.45) is 0 Å². The van der Waals surface area contributed by atoms with E-state index in [2.05, 4.69) is 50.5 Å². The highest BCUT2D eigenvalue weighted by atomic mass is 16.2. The normalized spacial score (nSPS) is 20.5. The molecule has 2 N–H and O–H groups in total. The Morgan fingerprint density at radius 1 is 1.00 bits per heavy atom. The number of aromatic nitrogens is 3. The van der Waals surface area contributed by atoms with Crippen LogP contribution in [0.3, 0.4) is 0 Å². The molecule has 0 bridgehead atoms. The molecule has 3 heterocycles. The fourth-order valence-electron chi connectivity index (χ4n) is 6.28. The van der Waals surface area contributed by atoms with Crippen LogP contribution in [0.25, 0.3) is 11.0 Å². The molecule has 0 radical (unpaired) electrons. The molecular weight excluding hydrogens is 462 g/mol. The zero-order valence-electron chi connectivity index (χ0n) is 21.0. The summed E-state index contributed by atoms with van der Waals surface area (Å²) in [7, 11) is 0. The van der Waals surface area contributed by atoms with Gasteiger partial charge in [0.25, 0.3) is 0 Å². The van der Waals surface area contributed by atoms with Crippen LogP contribution < -0.4 is 11.0 Å². The molecule has 2 aromatic carbocycles. The molecular formula is C30H33N5O2. The van der Waals surface area contributed by atoms with Crippen LogP contribution in [0.15, 0.2) is 77.9 Å². The van der Waals surface area contributed by atoms with Crippen LogP contribution >= 0.6 is 0 Å². The zero-order chi connectivity index (χ0) is 25.2. The van der Waals surface area contributed by atoms with Gasteiger partial charge in [-0.2, -0.15) is 0 Å². The highest BCUT2D eigenvalue weighted by molar-refractivity contribution is 5.78. The number of nitrogens with one attached hydrogen (secondary N) is 2. The first-order chi connectivity index (χ1) is 18.2. The molecule has 1 aliphatic heterocycles. The lowest BCUT2D eigenvalue weighted by atomic mass is 9.76. The average Bonchev–Trinajstić information content (AvgIpc) is 3.26. The number of piperidine rings is 1. The molecule has 7 heteroatoms. The number of rotatable bonds is 6. The minimum absolute atomic E-state index is 0.0466. The van der Waals surface area contributed by atoms with E-state index in [0.717, 1.165) is 56.2 Å². The molecule has 0 unspecified atom stereocenters. The standard InChI is InChI=1S/C30H33N5O2/c36-29(20-34-16-13-23(14-17-34)35-28-10-4-3-9-27(28)33-30(35)37)32-26-12-11-22-7-1-2-8-24(22)25(26)18-21-6-5-15-31-19-21/h1-10,15,19,23,25-26H,11-14,16-18,20H2,(H,32,36)(H,33,37)/t25-,26+/m1/s1. The van der Waals surface area contributed by atoms with E-state index in [9.17, 15) is 9.59 Å². The number of pyridine rings is 1. The molecule has 2 aliphatic rings. The van der Waals surface area contributed by atoms with E-state index in [1.165, 1.54) is 16.7 Å². The Hall–Kier alpha value is -3.71. The van der Waals surface area contributed by atoms with Crippen molar-refractivity contribution in [3.8, 4) is 0 Å². The van der Waals surface area contributed by atoms with Gasteiger partial charge in [0, 0.05) is 43.5 Å². The van der Waals surface area contributed by atoms with Gasteiger partial charge in [0.2, 0.25) is 5.91 Å². The summed E-state index contributed by atoms with van der Waals surface area (Å²) >= 11 is 0. The van der Waals surface area contributed by atoms with Crippen molar-refractivity contribution in [1.29, 1.82) is 0 Å². The Morgan fingerprint density at radius 3 is 2.65 bits per heavy atom. The third-order valence-electron chi connectivity index (χ3n) is 8.10. The van der Waals surface area contributed by atoms with Gasteiger partial charge < -0.3 is 10.3 Å². The lowest BCUT2D eigenvalue weighted by Crippen LogP contribution is -2.48. The van der Waals surface area contributed by atoms with Gasteiger partial charge >= 0.3 is 5.69 Å². The number of imidazole rings is 1. The summed E-state index contributed by atoms with van der Waals surface area (Å²) in [6.45, 7) is 2.00. The van der Waals surface area contributed by atoms with Crippen LogP contribution in [0.5, 0.6) is 0 Å². The van der Waals surface area contributed by atoms with Crippen molar-refractivity contribution in [2.75, 3.05) is 19.6 Å². The number of fused-ring (bicyclic) bond motifs is 2. The highest BCUT2D eigenvalue weighted by Crippen LogP contribution is 2.34. The first kappa shape index (κ1) is 23.7. The number of nitrogens with zero attached hydrogens (tertiary/aromatic N) is 3. The number of carbonyl (C=O) groups excluding carboxylic acids is 1. The van der Waals surface area contributed by atoms with Crippen LogP contribution in [-0.4, -0.2) is 51.0 Å². The fourth-order valence-corrected chi connectivity index (χ4v) is 6.28. The first-order valence-electron chi connectivity index (χ1n) is 13.3. The Balaban J connectivity index is 1.10. The van der Waals surface area contributed by atoms with Gasteiger partial charge in [-0.3, -0.25) is 19.2 Å². The number of aryl methyl sites for hydroxylation is 1. The number of likely N-dealkylation sites (tertiary alicyclic amines) is 1. The summed E-state index contributed by atoms with van der Waals surface area (Å²) in [4.78, 5) is 35.3. The zero-order valence-corrected chi connectivity index (χ0v) is 21.0. The Labute approximate surface area is 216 Å². The molecule has 1 amide bonds. The van der Waals surface area contributed by atoms with Crippen molar-refractivity contribution in [1.82, 2.24) is 24.8 Å². The monoisotopic (exact) mass is 495 g/mol. The molecule has 0 spiro atoms. The summed E-state index contributed by atoms with van der Waals surface area (Å²) in [6.07, 6.45) is 8.23. The van der Waals surface area contributed by atoms with Crippen LogP contribution in [0.1, 0.15) is 47.9 Å². The van der Waals surface area contributed by atoms with Crippen molar-refractivity contribution in [2.45, 2.75) is 50.1 Å². The van der Waals surface area contributed by atoms with Crippen molar-refractivity contribution in [3.63, 3.8) is 0 Å². The molecule has 2 aromatic heterocycles. The minimum Gasteiger partial charge on any atom is -0.352 e. The van der Waals surface area contributed by atoms with Crippen molar-refractivity contribution >= 4 is 16.9 Å². The molecule has 1 saturated heterocycles. The second kappa shape index (κ2) is 10.3. The number of carbonyl (C=O) groups is 1. The molecule has 190 valence electrons. The van der Waals surface area contributed by atoms with E-state index < -0.39 is 0 Å². The van der Waals surface area contributed by atoms with Crippen molar-refractivity contribution < 1.29 is 4.79 Å². The number of para-hydroxylation sites is 2. The van der Waals surface area contributed by atoms with Gasteiger partial charge in [-0.25, -0.2) is 4.79 Å². The second-order valence-corrected chi connectivity index (χ2v) is 10.4. The van der Waals surface area contributed by atoms with Crippen LogP contribution in [-0.2, 0) is 17.6 Å². The third kappa shape index (κ3) is 4.96. The van der Waals surface area contributed by atoms with Gasteiger partial charge in [-0.15, -0.1) is 0 Å². The van der Waals surface area contributed by atoms with Gasteiger partial charge in [0.05, 0.1) is 17.6 Å². The second-order valence-electron chi connectivity index (χ2n) is 10.4. The molecule has 1 aliphatic carbocycles. The summed E-state index contributed by atoms with van der Waals surface area (Å²) in [5, 5.41) is 3.39. The van der Waals surface area contributed by atoms with Crippen LogP contribution in [0, 0.1) is 0 Å². The summed E-state index contributed by atoms with van der Waals surface area (Å²) in [5.74, 6) is 0.320. The predicted molar refractivity (Wildman–Crippen MR) is 145 cm³/mol. The topological polar surface area (TPSA) is 83.0 Å². The molecule has 1 fully saturated rings. The SMILES string of the molecule is O=C(CN1CCC(n2c(=O)[nH]c3ccccc32)CC1)N[C@H]1CCc2ccccc2[C@H]1Cc1cccnc1. The van der Waals surface area contributed by atoms with Gasteiger partial charge in [-0.1, -0.05) is 42.5 Å². The average molecular weight is 496 g/mol. The maximum atomic E-state index is 13.2. The lowest BCUT2D eigenvalue weighted by molar-refractivity contribution is -0.123. The lowest BCUT2D eigenvalue weighted by Gasteiger charge is -2.36. The summed E-state index contributed by atoms with van der Waals surface area (Å²) in [5.41, 5.74) is 5.71. The van der Waals surface area contributed by atoms with Crippen LogP contribution in [0.2, 0.25) is 0 Å². The number of H-pyrrole nitrogens is 1. The van der Waals surface area contributed by atoms with Crippen molar-refractivity contribution in [3.05, 3.63) is 100 Å². The van der Waals surface area contributed by atoms with E-state index in [-0.39, 0.29) is 29.6 Å². The largest absolute Gasteiger partial charge is 0.352 e. The molecule has 37 heavy (non-hydrogen) atoms. The molecule has 0 saturated carbocycles. The number of hydrogen-bond donors (Lipinski definition) is 2. The molecule has 2 atom stereocenters. The van der Waals surface area contributed by atoms with E-state index in [4.69, 9.17) is 0 Å². The number of aromatic amines is 1. The predicted octanol–water partition coefficient (Wildman–Crippen LogP) is 3.82. The molecule has 7 nitrogen and oxygen atoms in total. The minimum atomic E-state index is -0.0466. The molecule has 6 rings (SSSR count). The fraction of sp³-hybridized carbons (Fsp3) is 0.367.